The molecule has 1 N–H and O–H groups in total. The number of carbonyl (C=O) groups is 1. The Kier molecular flexibility index (Phi) is 4.72. The van der Waals surface area contributed by atoms with Crippen molar-refractivity contribution in [2.45, 2.75) is 19.9 Å². The fourth-order valence-corrected chi connectivity index (χ4v) is 4.25. The molecule has 2 aromatic heterocycles. The van der Waals surface area contributed by atoms with Crippen LogP contribution in [0.1, 0.15) is 16.8 Å². The lowest BCUT2D eigenvalue weighted by atomic mass is 10.1. The third-order valence-corrected chi connectivity index (χ3v) is 6.08. The zero-order valence-corrected chi connectivity index (χ0v) is 18.7. The summed E-state index contributed by atoms with van der Waals surface area (Å²) in [6.07, 6.45) is 0.673. The molecule has 2 amide bonds. The van der Waals surface area contributed by atoms with E-state index < -0.39 is 0 Å². The van der Waals surface area contributed by atoms with Gasteiger partial charge in [0.2, 0.25) is 12.7 Å². The van der Waals surface area contributed by atoms with E-state index in [0.717, 1.165) is 22.4 Å². The number of urea groups is 1. The van der Waals surface area contributed by atoms with E-state index >= 15 is 0 Å². The van der Waals surface area contributed by atoms with Crippen molar-refractivity contribution in [1.29, 1.82) is 0 Å². The molecule has 10 heteroatoms. The molecule has 2 aromatic carbocycles. The van der Waals surface area contributed by atoms with Gasteiger partial charge in [-0.25, -0.2) is 4.79 Å². The Labute approximate surface area is 195 Å². The molecular weight excluding hydrogens is 436 g/mol. The van der Waals surface area contributed by atoms with Gasteiger partial charge in [-0.1, -0.05) is 17.7 Å². The number of aromatic nitrogens is 4. The molecule has 0 fully saturated rings. The monoisotopic (exact) mass is 458 g/mol. The molecular formula is C24H22N6O4. The first-order chi connectivity index (χ1) is 16.5. The fraction of sp³-hybridized carbons (Fsp3) is 0.250. The van der Waals surface area contributed by atoms with Crippen LogP contribution < -0.4 is 14.8 Å². The second-order valence-corrected chi connectivity index (χ2v) is 8.35. The largest absolute Gasteiger partial charge is 0.454 e. The minimum absolute atomic E-state index is 0.187. The van der Waals surface area contributed by atoms with E-state index in [1.165, 1.54) is 0 Å². The Hall–Kier alpha value is -4.34. The van der Waals surface area contributed by atoms with Gasteiger partial charge in [-0.15, -0.1) is 10.2 Å². The molecule has 172 valence electrons. The number of nitrogens with one attached hydrogen (secondary N) is 1. The van der Waals surface area contributed by atoms with Crippen LogP contribution in [0.5, 0.6) is 11.5 Å². The molecule has 0 aliphatic carbocycles. The number of ether oxygens (including phenoxy) is 2. The number of rotatable bonds is 3. The van der Waals surface area contributed by atoms with Crippen LogP contribution in [0.3, 0.4) is 0 Å². The topological polar surface area (TPSA) is 108 Å². The lowest BCUT2D eigenvalue weighted by Crippen LogP contribution is -2.39. The first-order valence-electron chi connectivity index (χ1n) is 11.0. The van der Waals surface area contributed by atoms with Crippen LogP contribution in [-0.4, -0.2) is 44.2 Å². The van der Waals surface area contributed by atoms with Gasteiger partial charge in [0.05, 0.1) is 6.54 Å². The van der Waals surface area contributed by atoms with Crippen LogP contribution in [0.2, 0.25) is 0 Å². The third-order valence-electron chi connectivity index (χ3n) is 6.08. The first kappa shape index (κ1) is 20.3. The standard InChI is InChI=1S/C24H22N6O4/c1-14-3-5-15(6-4-14)22-26-27-23(34-22)21-17-12-30(10-9-18(17)29(2)28-21)24(31)25-16-7-8-19-20(11-16)33-13-32-19/h3-8,11H,9-10,12-13H2,1-2H3,(H,25,31). The third kappa shape index (κ3) is 3.53. The molecule has 10 nitrogen and oxygen atoms in total. The zero-order valence-electron chi connectivity index (χ0n) is 18.7. The fourth-order valence-electron chi connectivity index (χ4n) is 4.25. The molecule has 0 unspecified atom stereocenters. The Morgan fingerprint density at radius 1 is 1.03 bits per heavy atom. The summed E-state index contributed by atoms with van der Waals surface area (Å²) in [4.78, 5) is 14.8. The van der Waals surface area contributed by atoms with Gasteiger partial charge in [0, 0.05) is 48.6 Å². The summed E-state index contributed by atoms with van der Waals surface area (Å²) in [5.41, 5.74) is 5.21. The van der Waals surface area contributed by atoms with E-state index in [1.54, 1.807) is 23.1 Å². The highest BCUT2D eigenvalue weighted by Crippen LogP contribution is 2.35. The number of aryl methyl sites for hydroxylation is 2. The van der Waals surface area contributed by atoms with Crippen molar-refractivity contribution in [3.63, 3.8) is 0 Å². The zero-order chi connectivity index (χ0) is 23.2. The van der Waals surface area contributed by atoms with Gasteiger partial charge in [0.15, 0.2) is 17.2 Å². The van der Waals surface area contributed by atoms with Gasteiger partial charge in [0.1, 0.15) is 0 Å². The average Bonchev–Trinajstić information content (AvgIpc) is 3.58. The number of hydrogen-bond acceptors (Lipinski definition) is 7. The van der Waals surface area contributed by atoms with Crippen molar-refractivity contribution in [3.8, 4) is 34.5 Å². The first-order valence-corrected chi connectivity index (χ1v) is 11.0. The number of carbonyl (C=O) groups excluding carboxylic acids is 1. The van der Waals surface area contributed by atoms with Gasteiger partial charge in [-0.05, 0) is 31.2 Å². The molecule has 4 aromatic rings. The molecule has 4 heterocycles. The Morgan fingerprint density at radius 2 is 1.82 bits per heavy atom. The second-order valence-electron chi connectivity index (χ2n) is 8.35. The SMILES string of the molecule is Cc1ccc(-c2nnc(-c3nn(C)c4c3CN(C(=O)Nc3ccc5c(c3)OCO5)CC4)o2)cc1. The molecule has 2 aliphatic rings. The van der Waals surface area contributed by atoms with Gasteiger partial charge in [-0.2, -0.15) is 5.10 Å². The maximum Gasteiger partial charge on any atom is 0.322 e. The number of anilines is 1. The molecule has 0 atom stereocenters. The van der Waals surface area contributed by atoms with Crippen molar-refractivity contribution in [2.75, 3.05) is 18.7 Å². The van der Waals surface area contributed by atoms with E-state index in [2.05, 4.69) is 20.6 Å². The molecule has 0 saturated carbocycles. The Bertz CT molecular complexity index is 1390. The van der Waals surface area contributed by atoms with Gasteiger partial charge < -0.3 is 24.1 Å². The van der Waals surface area contributed by atoms with Crippen molar-refractivity contribution < 1.29 is 18.7 Å². The number of nitrogens with zero attached hydrogens (tertiary/aromatic N) is 5. The lowest BCUT2D eigenvalue weighted by molar-refractivity contribution is 0.174. The minimum atomic E-state index is -0.204. The second kappa shape index (κ2) is 7.91. The maximum atomic E-state index is 13.0. The molecule has 6 rings (SSSR count). The molecule has 0 spiro atoms. The summed E-state index contributed by atoms with van der Waals surface area (Å²) in [6.45, 7) is 3.17. The normalized spacial score (nSPS) is 14.2. The Morgan fingerprint density at radius 3 is 2.68 bits per heavy atom. The molecule has 34 heavy (non-hydrogen) atoms. The highest BCUT2D eigenvalue weighted by atomic mass is 16.7. The molecule has 0 radical (unpaired) electrons. The van der Waals surface area contributed by atoms with Crippen molar-refractivity contribution in [2.24, 2.45) is 7.05 Å². The van der Waals surface area contributed by atoms with E-state index in [9.17, 15) is 4.79 Å². The van der Waals surface area contributed by atoms with E-state index in [-0.39, 0.29) is 12.8 Å². The van der Waals surface area contributed by atoms with Gasteiger partial charge >= 0.3 is 6.03 Å². The summed E-state index contributed by atoms with van der Waals surface area (Å²) in [7, 11) is 1.89. The van der Waals surface area contributed by atoms with E-state index in [0.29, 0.717) is 54.2 Å². The minimum Gasteiger partial charge on any atom is -0.454 e. The van der Waals surface area contributed by atoms with Crippen molar-refractivity contribution >= 4 is 11.7 Å². The summed E-state index contributed by atoms with van der Waals surface area (Å²) >= 11 is 0. The molecule has 0 saturated heterocycles. The van der Waals surface area contributed by atoms with Crippen molar-refractivity contribution in [3.05, 3.63) is 59.3 Å². The van der Waals surface area contributed by atoms with Crippen LogP contribution in [0.15, 0.2) is 46.9 Å². The summed E-state index contributed by atoms with van der Waals surface area (Å²) in [5.74, 6) is 2.06. The van der Waals surface area contributed by atoms with Crippen LogP contribution in [0.4, 0.5) is 10.5 Å². The maximum absolute atomic E-state index is 13.0. The van der Waals surface area contributed by atoms with Crippen LogP contribution in [-0.2, 0) is 20.0 Å². The van der Waals surface area contributed by atoms with Crippen LogP contribution in [0.25, 0.3) is 23.0 Å². The van der Waals surface area contributed by atoms with E-state index in [4.69, 9.17) is 13.9 Å². The van der Waals surface area contributed by atoms with Crippen LogP contribution in [0, 0.1) is 6.92 Å². The number of hydrogen-bond donors (Lipinski definition) is 1. The summed E-state index contributed by atoms with van der Waals surface area (Å²) < 4.78 is 18.5. The number of benzene rings is 2. The smallest absolute Gasteiger partial charge is 0.322 e. The van der Waals surface area contributed by atoms with Gasteiger partial charge in [-0.3, -0.25) is 4.68 Å². The Balaban J connectivity index is 1.24. The average molecular weight is 458 g/mol. The predicted molar refractivity (Wildman–Crippen MR) is 122 cm³/mol. The number of fused-ring (bicyclic) bond motifs is 2. The highest BCUT2D eigenvalue weighted by Gasteiger charge is 2.29. The summed E-state index contributed by atoms with van der Waals surface area (Å²) in [6, 6.07) is 13.0. The predicted octanol–water partition coefficient (Wildman–Crippen LogP) is 3.76. The van der Waals surface area contributed by atoms with Crippen molar-refractivity contribution in [1.82, 2.24) is 24.9 Å². The molecule has 0 bridgehead atoms. The number of amides is 2. The molecule has 2 aliphatic heterocycles. The van der Waals surface area contributed by atoms with Crippen LogP contribution >= 0.6 is 0 Å². The van der Waals surface area contributed by atoms with Gasteiger partial charge in [0.25, 0.3) is 5.89 Å². The van der Waals surface area contributed by atoms with E-state index in [1.807, 2.05) is 42.9 Å². The lowest BCUT2D eigenvalue weighted by Gasteiger charge is -2.27. The summed E-state index contributed by atoms with van der Waals surface area (Å²) in [5, 5.41) is 16.0. The quantitative estimate of drug-likeness (QED) is 0.498. The highest BCUT2D eigenvalue weighted by molar-refractivity contribution is 5.90.